The summed E-state index contributed by atoms with van der Waals surface area (Å²) in [5.41, 5.74) is 0.415. The van der Waals surface area contributed by atoms with Crippen molar-refractivity contribution in [3.63, 3.8) is 0 Å². The van der Waals surface area contributed by atoms with Gasteiger partial charge < -0.3 is 10.6 Å². The van der Waals surface area contributed by atoms with E-state index < -0.39 is 29.1 Å². The van der Waals surface area contributed by atoms with Gasteiger partial charge in [0.25, 0.3) is 11.8 Å². The maximum atomic E-state index is 13.7. The van der Waals surface area contributed by atoms with Gasteiger partial charge in [0.05, 0.1) is 0 Å². The second-order valence-corrected chi connectivity index (χ2v) is 5.94. The maximum Gasteiger partial charge on any atom is 0.255 e. The number of nitrogens with one attached hydrogen (secondary N) is 2. The highest BCUT2D eigenvalue weighted by Gasteiger charge is 2.15. The van der Waals surface area contributed by atoms with Crippen LogP contribution in [0.4, 0.5) is 18.9 Å². The molecule has 2 N–H and O–H groups in total. The van der Waals surface area contributed by atoms with Crippen molar-refractivity contribution in [2.24, 2.45) is 0 Å². The van der Waals surface area contributed by atoms with Gasteiger partial charge in [-0.05, 0) is 48.0 Å². The van der Waals surface area contributed by atoms with E-state index in [2.05, 4.69) is 10.6 Å². The number of carbonyl (C=O) groups is 2. The molecule has 28 heavy (non-hydrogen) atoms. The highest BCUT2D eigenvalue weighted by molar-refractivity contribution is 6.06. The summed E-state index contributed by atoms with van der Waals surface area (Å²) in [6.07, 6.45) is 0. The predicted octanol–water partition coefficient (Wildman–Crippen LogP) is 4.29. The minimum Gasteiger partial charge on any atom is -0.348 e. The molecule has 0 unspecified atom stereocenters. The van der Waals surface area contributed by atoms with E-state index >= 15 is 0 Å². The van der Waals surface area contributed by atoms with Gasteiger partial charge in [0.2, 0.25) is 0 Å². The smallest absolute Gasteiger partial charge is 0.255 e. The van der Waals surface area contributed by atoms with E-state index in [1.54, 1.807) is 12.1 Å². The molecular weight excluding hydrogens is 369 g/mol. The average molecular weight is 384 g/mol. The molecule has 0 saturated carbocycles. The number of para-hydroxylation sites is 1. The second kappa shape index (κ2) is 8.39. The number of anilines is 1. The lowest BCUT2D eigenvalue weighted by molar-refractivity contribution is 0.0951. The molecule has 0 aromatic heterocycles. The van der Waals surface area contributed by atoms with Crippen LogP contribution in [0.5, 0.6) is 0 Å². The number of benzene rings is 3. The highest BCUT2D eigenvalue weighted by atomic mass is 19.1. The molecule has 142 valence electrons. The van der Waals surface area contributed by atoms with E-state index in [0.717, 1.165) is 12.1 Å². The van der Waals surface area contributed by atoms with Crippen molar-refractivity contribution in [3.8, 4) is 0 Å². The van der Waals surface area contributed by atoms with Gasteiger partial charge >= 0.3 is 0 Å². The zero-order chi connectivity index (χ0) is 20.1. The molecule has 0 aliphatic carbocycles. The topological polar surface area (TPSA) is 58.2 Å². The Balaban J connectivity index is 1.69. The standard InChI is InChI=1S/C21H15F3N2O2/c22-16-9-7-13(8-10-16)12-25-20(27)14-3-1-4-15(11-14)21(28)26-19-17(23)5-2-6-18(19)24/h1-11H,12H2,(H,25,27)(H,26,28). The Kier molecular flexibility index (Phi) is 5.74. The number of hydrogen-bond acceptors (Lipinski definition) is 2. The maximum absolute atomic E-state index is 13.7. The SMILES string of the molecule is O=C(NCc1ccc(F)cc1)c1cccc(C(=O)Nc2c(F)cccc2F)c1. The van der Waals surface area contributed by atoms with Crippen LogP contribution in [0.25, 0.3) is 0 Å². The molecule has 0 saturated heterocycles. The van der Waals surface area contributed by atoms with Gasteiger partial charge in [-0.1, -0.05) is 24.3 Å². The summed E-state index contributed by atoms with van der Waals surface area (Å²) in [5.74, 6) is -3.38. The molecule has 0 aliphatic rings. The lowest BCUT2D eigenvalue weighted by Crippen LogP contribution is -2.23. The third-order valence-corrected chi connectivity index (χ3v) is 3.95. The van der Waals surface area contributed by atoms with Crippen LogP contribution in [0.15, 0.2) is 66.7 Å². The predicted molar refractivity (Wildman–Crippen MR) is 98.3 cm³/mol. The Labute approximate surface area is 159 Å². The Bertz CT molecular complexity index is 1000. The minimum atomic E-state index is -0.901. The zero-order valence-corrected chi connectivity index (χ0v) is 14.5. The normalized spacial score (nSPS) is 10.4. The van der Waals surface area contributed by atoms with Crippen LogP contribution >= 0.6 is 0 Å². The van der Waals surface area contributed by atoms with Gasteiger partial charge in [-0.2, -0.15) is 0 Å². The average Bonchev–Trinajstić information content (AvgIpc) is 2.70. The van der Waals surface area contributed by atoms with Crippen LogP contribution in [0, 0.1) is 17.5 Å². The van der Waals surface area contributed by atoms with Gasteiger partial charge in [0.15, 0.2) is 0 Å². The van der Waals surface area contributed by atoms with Crippen LogP contribution in [0.1, 0.15) is 26.3 Å². The fourth-order valence-corrected chi connectivity index (χ4v) is 2.49. The number of halogens is 3. The number of carbonyl (C=O) groups excluding carboxylic acids is 2. The van der Waals surface area contributed by atoms with E-state index in [1.165, 1.54) is 42.5 Å². The molecule has 3 aromatic carbocycles. The van der Waals surface area contributed by atoms with Crippen molar-refractivity contribution in [1.29, 1.82) is 0 Å². The quantitative estimate of drug-likeness (QED) is 0.690. The zero-order valence-electron chi connectivity index (χ0n) is 14.5. The van der Waals surface area contributed by atoms with E-state index in [4.69, 9.17) is 0 Å². The Morgan fingerprint density at radius 1 is 0.750 bits per heavy atom. The molecule has 0 bridgehead atoms. The summed E-state index contributed by atoms with van der Waals surface area (Å²) in [5, 5.41) is 4.82. The van der Waals surface area contributed by atoms with Crippen molar-refractivity contribution < 1.29 is 22.8 Å². The molecule has 4 nitrogen and oxygen atoms in total. The molecule has 3 aromatic rings. The molecule has 2 amide bonds. The second-order valence-electron chi connectivity index (χ2n) is 5.94. The van der Waals surface area contributed by atoms with Crippen LogP contribution in [0.2, 0.25) is 0 Å². The van der Waals surface area contributed by atoms with Gasteiger partial charge in [-0.3, -0.25) is 9.59 Å². The van der Waals surface area contributed by atoms with E-state index in [9.17, 15) is 22.8 Å². The first-order chi connectivity index (χ1) is 13.4. The van der Waals surface area contributed by atoms with Gasteiger partial charge in [-0.25, -0.2) is 13.2 Å². The summed E-state index contributed by atoms with van der Waals surface area (Å²) in [6, 6.07) is 14.6. The summed E-state index contributed by atoms with van der Waals surface area (Å²) in [7, 11) is 0. The van der Waals surface area contributed by atoms with E-state index in [0.29, 0.717) is 5.56 Å². The number of amides is 2. The first kappa shape index (κ1) is 19.2. The molecule has 0 radical (unpaired) electrons. The van der Waals surface area contributed by atoms with Crippen molar-refractivity contribution in [3.05, 3.63) is 101 Å². The van der Waals surface area contributed by atoms with Crippen molar-refractivity contribution in [1.82, 2.24) is 5.32 Å². The number of rotatable bonds is 5. The molecular formula is C21H15F3N2O2. The number of hydrogen-bond donors (Lipinski definition) is 2. The largest absolute Gasteiger partial charge is 0.348 e. The fraction of sp³-hybridized carbons (Fsp3) is 0.0476. The third-order valence-electron chi connectivity index (χ3n) is 3.95. The Hall–Kier alpha value is -3.61. The third kappa shape index (κ3) is 4.56. The van der Waals surface area contributed by atoms with Crippen LogP contribution in [-0.4, -0.2) is 11.8 Å². The fourth-order valence-electron chi connectivity index (χ4n) is 2.49. The van der Waals surface area contributed by atoms with E-state index in [-0.39, 0.29) is 23.5 Å². The first-order valence-electron chi connectivity index (χ1n) is 8.32. The molecule has 3 rings (SSSR count). The highest BCUT2D eigenvalue weighted by Crippen LogP contribution is 2.19. The van der Waals surface area contributed by atoms with Gasteiger partial charge in [0, 0.05) is 17.7 Å². The Morgan fingerprint density at radius 3 is 1.96 bits per heavy atom. The summed E-state index contributed by atoms with van der Waals surface area (Å²) < 4.78 is 40.3. The summed E-state index contributed by atoms with van der Waals surface area (Å²) in [6.45, 7) is 0.177. The van der Waals surface area contributed by atoms with Crippen LogP contribution in [0.3, 0.4) is 0 Å². The first-order valence-corrected chi connectivity index (χ1v) is 8.32. The molecule has 0 aliphatic heterocycles. The van der Waals surface area contributed by atoms with Gasteiger partial charge in [-0.15, -0.1) is 0 Å². The van der Waals surface area contributed by atoms with Crippen molar-refractivity contribution in [2.45, 2.75) is 6.54 Å². The van der Waals surface area contributed by atoms with Crippen molar-refractivity contribution in [2.75, 3.05) is 5.32 Å². The summed E-state index contributed by atoms with van der Waals surface area (Å²) >= 11 is 0. The van der Waals surface area contributed by atoms with Crippen LogP contribution < -0.4 is 10.6 Å². The minimum absolute atomic E-state index is 0.0667. The molecule has 0 fully saturated rings. The van der Waals surface area contributed by atoms with Crippen LogP contribution in [-0.2, 0) is 6.54 Å². The summed E-state index contributed by atoms with van der Waals surface area (Å²) in [4.78, 5) is 24.6. The Morgan fingerprint density at radius 2 is 1.32 bits per heavy atom. The molecule has 0 spiro atoms. The van der Waals surface area contributed by atoms with Crippen molar-refractivity contribution >= 4 is 17.5 Å². The van der Waals surface area contributed by atoms with Gasteiger partial charge in [0.1, 0.15) is 23.1 Å². The molecule has 7 heteroatoms. The van der Waals surface area contributed by atoms with E-state index in [1.807, 2.05) is 0 Å². The monoisotopic (exact) mass is 384 g/mol. The lowest BCUT2D eigenvalue weighted by atomic mass is 10.1. The molecule has 0 heterocycles. The molecule has 0 atom stereocenters. The lowest BCUT2D eigenvalue weighted by Gasteiger charge is -2.09.